The van der Waals surface area contributed by atoms with Crippen LogP contribution in [0.2, 0.25) is 0 Å². The first-order chi connectivity index (χ1) is 8.16. The third-order valence-electron chi connectivity index (χ3n) is 2.95. The molecule has 92 valence electrons. The Morgan fingerprint density at radius 1 is 1.41 bits per heavy atom. The lowest BCUT2D eigenvalue weighted by Crippen LogP contribution is -2.19. The predicted molar refractivity (Wildman–Crippen MR) is 62.9 cm³/mol. The summed E-state index contributed by atoms with van der Waals surface area (Å²) in [5.74, 6) is -0.116. The first-order valence-corrected chi connectivity index (χ1v) is 5.77. The maximum atomic E-state index is 10.5. The maximum Gasteiger partial charge on any atom is 0.306 e. The highest BCUT2D eigenvalue weighted by Crippen LogP contribution is 2.21. The summed E-state index contributed by atoms with van der Waals surface area (Å²) in [7, 11) is 0. The number of hydrogen-bond acceptors (Lipinski definition) is 4. The maximum absolute atomic E-state index is 10.5. The van der Waals surface area contributed by atoms with E-state index in [1.807, 2.05) is 6.07 Å². The topological polar surface area (TPSA) is 73.7 Å². The number of aliphatic carboxylic acids is 1. The molecule has 0 radical (unpaired) electrons. The van der Waals surface area contributed by atoms with Gasteiger partial charge in [0.2, 0.25) is 0 Å². The number of anilines is 1. The average Bonchev–Trinajstić information content (AvgIpc) is 2.82. The van der Waals surface area contributed by atoms with Gasteiger partial charge in [0.25, 0.3) is 0 Å². The van der Waals surface area contributed by atoms with E-state index in [0.717, 1.165) is 18.9 Å². The number of aliphatic hydroxyl groups is 1. The smallest absolute Gasteiger partial charge is 0.306 e. The molecule has 1 aromatic rings. The molecule has 5 nitrogen and oxygen atoms in total. The fraction of sp³-hybridized carbons (Fsp3) is 0.500. The Bertz CT molecular complexity index is 385. The molecule has 2 heterocycles. The second-order valence-electron chi connectivity index (χ2n) is 4.26. The molecule has 2 rings (SSSR count). The molecule has 0 saturated carbocycles. The molecule has 0 aliphatic carbocycles. The Labute approximate surface area is 99.7 Å². The van der Waals surface area contributed by atoms with Crippen LogP contribution in [0.15, 0.2) is 18.3 Å². The van der Waals surface area contributed by atoms with Gasteiger partial charge < -0.3 is 15.1 Å². The number of aliphatic hydroxyl groups excluding tert-OH is 1. The van der Waals surface area contributed by atoms with E-state index in [9.17, 15) is 9.90 Å². The van der Waals surface area contributed by atoms with Crippen LogP contribution in [0, 0.1) is 0 Å². The van der Waals surface area contributed by atoms with Gasteiger partial charge in [0.05, 0.1) is 12.5 Å². The largest absolute Gasteiger partial charge is 0.481 e. The molecule has 1 fully saturated rings. The Balaban J connectivity index is 2.04. The zero-order valence-corrected chi connectivity index (χ0v) is 9.54. The Morgan fingerprint density at radius 3 is 2.65 bits per heavy atom. The van der Waals surface area contributed by atoms with Crippen LogP contribution in [-0.2, 0) is 4.79 Å². The van der Waals surface area contributed by atoms with Crippen LogP contribution in [0.4, 0.5) is 5.82 Å². The summed E-state index contributed by atoms with van der Waals surface area (Å²) < 4.78 is 0. The monoisotopic (exact) mass is 236 g/mol. The minimum atomic E-state index is -1.01. The van der Waals surface area contributed by atoms with Gasteiger partial charge in [-0.3, -0.25) is 4.79 Å². The molecule has 1 aromatic heterocycles. The summed E-state index contributed by atoms with van der Waals surface area (Å²) in [5, 5.41) is 18.2. The lowest BCUT2D eigenvalue weighted by Gasteiger charge is -2.17. The SMILES string of the molecule is O=C(O)CC(O)c1ccc(N2CCCC2)nc1. The van der Waals surface area contributed by atoms with E-state index in [0.29, 0.717) is 5.56 Å². The molecule has 2 N–H and O–H groups in total. The van der Waals surface area contributed by atoms with Crippen LogP contribution in [0.1, 0.15) is 30.9 Å². The zero-order valence-electron chi connectivity index (χ0n) is 9.54. The van der Waals surface area contributed by atoms with E-state index in [2.05, 4.69) is 9.88 Å². The van der Waals surface area contributed by atoms with Gasteiger partial charge in [-0.25, -0.2) is 4.98 Å². The van der Waals surface area contributed by atoms with Crippen molar-refractivity contribution in [1.82, 2.24) is 4.98 Å². The van der Waals surface area contributed by atoms with Gasteiger partial charge in [0.15, 0.2) is 0 Å². The summed E-state index contributed by atoms with van der Waals surface area (Å²) in [4.78, 5) is 16.9. The van der Waals surface area contributed by atoms with E-state index in [4.69, 9.17) is 5.11 Å². The molecule has 1 aliphatic rings. The molecule has 1 unspecified atom stereocenters. The van der Waals surface area contributed by atoms with E-state index in [1.54, 1.807) is 12.3 Å². The molecular weight excluding hydrogens is 220 g/mol. The lowest BCUT2D eigenvalue weighted by atomic mass is 10.1. The molecular formula is C12H16N2O3. The van der Waals surface area contributed by atoms with Gasteiger partial charge in [0.1, 0.15) is 5.82 Å². The Kier molecular flexibility index (Phi) is 3.58. The standard InChI is InChI=1S/C12H16N2O3/c15-10(7-12(16)17)9-3-4-11(13-8-9)14-5-1-2-6-14/h3-4,8,10,15H,1-2,5-7H2,(H,16,17). The number of nitrogens with zero attached hydrogens (tertiary/aromatic N) is 2. The molecule has 1 saturated heterocycles. The van der Waals surface area contributed by atoms with Crippen LogP contribution >= 0.6 is 0 Å². The highest BCUT2D eigenvalue weighted by atomic mass is 16.4. The first kappa shape index (κ1) is 11.9. The Morgan fingerprint density at radius 2 is 2.12 bits per heavy atom. The quantitative estimate of drug-likeness (QED) is 0.821. The minimum absolute atomic E-state index is 0.287. The predicted octanol–water partition coefficient (Wildman–Crippen LogP) is 1.19. The van der Waals surface area contributed by atoms with Crippen LogP contribution in [0.3, 0.4) is 0 Å². The van der Waals surface area contributed by atoms with Crippen LogP contribution < -0.4 is 4.90 Å². The number of aromatic nitrogens is 1. The van der Waals surface area contributed by atoms with E-state index < -0.39 is 12.1 Å². The van der Waals surface area contributed by atoms with Crippen LogP contribution in [-0.4, -0.2) is 34.3 Å². The lowest BCUT2D eigenvalue weighted by molar-refractivity contribution is -0.139. The highest BCUT2D eigenvalue weighted by molar-refractivity contribution is 5.67. The van der Waals surface area contributed by atoms with Crippen molar-refractivity contribution in [3.63, 3.8) is 0 Å². The molecule has 1 atom stereocenters. The van der Waals surface area contributed by atoms with Gasteiger partial charge in [-0.15, -0.1) is 0 Å². The van der Waals surface area contributed by atoms with E-state index in [-0.39, 0.29) is 6.42 Å². The van der Waals surface area contributed by atoms with Crippen molar-refractivity contribution in [1.29, 1.82) is 0 Å². The second-order valence-corrected chi connectivity index (χ2v) is 4.26. The van der Waals surface area contributed by atoms with Crippen molar-refractivity contribution >= 4 is 11.8 Å². The average molecular weight is 236 g/mol. The number of carboxylic acid groups (broad SMARTS) is 1. The third kappa shape index (κ3) is 2.94. The van der Waals surface area contributed by atoms with Gasteiger partial charge >= 0.3 is 5.97 Å². The minimum Gasteiger partial charge on any atom is -0.481 e. The first-order valence-electron chi connectivity index (χ1n) is 5.77. The second kappa shape index (κ2) is 5.14. The Hall–Kier alpha value is -1.62. The molecule has 0 aromatic carbocycles. The van der Waals surface area contributed by atoms with E-state index >= 15 is 0 Å². The number of hydrogen-bond donors (Lipinski definition) is 2. The highest BCUT2D eigenvalue weighted by Gasteiger charge is 2.15. The third-order valence-corrected chi connectivity index (χ3v) is 2.95. The summed E-state index contributed by atoms with van der Waals surface area (Å²) in [6.45, 7) is 2.04. The van der Waals surface area contributed by atoms with Crippen LogP contribution in [0.5, 0.6) is 0 Å². The van der Waals surface area contributed by atoms with E-state index in [1.165, 1.54) is 12.8 Å². The molecule has 0 bridgehead atoms. The van der Waals surface area contributed by atoms with Crippen molar-refractivity contribution in [2.45, 2.75) is 25.4 Å². The summed E-state index contributed by atoms with van der Waals surface area (Å²) in [6.07, 6.45) is 2.66. The fourth-order valence-corrected chi connectivity index (χ4v) is 2.01. The van der Waals surface area contributed by atoms with Crippen molar-refractivity contribution in [3.8, 4) is 0 Å². The fourth-order valence-electron chi connectivity index (χ4n) is 2.01. The molecule has 17 heavy (non-hydrogen) atoms. The van der Waals surface area contributed by atoms with Gasteiger partial charge in [-0.1, -0.05) is 6.07 Å². The van der Waals surface area contributed by atoms with Crippen molar-refractivity contribution in [2.24, 2.45) is 0 Å². The number of pyridine rings is 1. The van der Waals surface area contributed by atoms with Crippen LogP contribution in [0.25, 0.3) is 0 Å². The number of carbonyl (C=O) groups is 1. The van der Waals surface area contributed by atoms with Gasteiger partial charge in [-0.2, -0.15) is 0 Å². The molecule has 5 heteroatoms. The van der Waals surface area contributed by atoms with Gasteiger partial charge in [0, 0.05) is 19.3 Å². The molecule has 0 spiro atoms. The molecule has 1 aliphatic heterocycles. The number of carboxylic acids is 1. The van der Waals surface area contributed by atoms with Crippen molar-refractivity contribution in [2.75, 3.05) is 18.0 Å². The summed E-state index contributed by atoms with van der Waals surface area (Å²) in [5.41, 5.74) is 0.551. The van der Waals surface area contributed by atoms with Crippen molar-refractivity contribution in [3.05, 3.63) is 23.9 Å². The van der Waals surface area contributed by atoms with Crippen molar-refractivity contribution < 1.29 is 15.0 Å². The normalized spacial score (nSPS) is 17.1. The van der Waals surface area contributed by atoms with Gasteiger partial charge in [-0.05, 0) is 24.5 Å². The molecule has 0 amide bonds. The zero-order chi connectivity index (χ0) is 12.3. The summed E-state index contributed by atoms with van der Waals surface area (Å²) in [6, 6.07) is 3.58. The summed E-state index contributed by atoms with van der Waals surface area (Å²) >= 11 is 0. The number of rotatable bonds is 4.